The standard InChI is InChI=1S/C12H19N3O2/c1-2-5-13-8-11(16)15-6-3-4-9-10(15)7-14-12(9)17/h2,9-10,13H,1,3-8H2,(H,14,17). The minimum absolute atomic E-state index is 0.00658. The van der Waals surface area contributed by atoms with E-state index in [0.29, 0.717) is 19.6 Å². The highest BCUT2D eigenvalue weighted by molar-refractivity contribution is 5.85. The first-order chi connectivity index (χ1) is 8.24. The molecule has 2 N–H and O–H groups in total. The van der Waals surface area contributed by atoms with Crippen molar-refractivity contribution < 1.29 is 9.59 Å². The number of hydrogen-bond donors (Lipinski definition) is 2. The first-order valence-electron chi connectivity index (χ1n) is 6.13. The van der Waals surface area contributed by atoms with Crippen molar-refractivity contribution in [3.63, 3.8) is 0 Å². The van der Waals surface area contributed by atoms with Gasteiger partial charge < -0.3 is 15.5 Å². The summed E-state index contributed by atoms with van der Waals surface area (Å²) in [5, 5.41) is 5.85. The summed E-state index contributed by atoms with van der Waals surface area (Å²) in [6.07, 6.45) is 3.55. The molecule has 0 aromatic carbocycles. The van der Waals surface area contributed by atoms with E-state index in [-0.39, 0.29) is 23.8 Å². The Kier molecular flexibility index (Phi) is 3.78. The van der Waals surface area contributed by atoms with Crippen LogP contribution in [0.5, 0.6) is 0 Å². The highest BCUT2D eigenvalue weighted by Crippen LogP contribution is 2.27. The third kappa shape index (κ3) is 2.49. The number of carbonyl (C=O) groups is 2. The van der Waals surface area contributed by atoms with Gasteiger partial charge in [0.2, 0.25) is 11.8 Å². The lowest BCUT2D eigenvalue weighted by molar-refractivity contribution is -0.135. The van der Waals surface area contributed by atoms with Crippen molar-refractivity contribution >= 4 is 11.8 Å². The lowest BCUT2D eigenvalue weighted by Crippen LogP contribution is -2.51. The predicted octanol–water partition coefficient (Wildman–Crippen LogP) is -0.501. The first kappa shape index (κ1) is 12.1. The number of hydrogen-bond acceptors (Lipinski definition) is 3. The summed E-state index contributed by atoms with van der Waals surface area (Å²) >= 11 is 0. The second-order valence-corrected chi connectivity index (χ2v) is 4.57. The van der Waals surface area contributed by atoms with Crippen LogP contribution < -0.4 is 10.6 Å². The second-order valence-electron chi connectivity index (χ2n) is 4.57. The third-order valence-corrected chi connectivity index (χ3v) is 3.49. The summed E-state index contributed by atoms with van der Waals surface area (Å²) in [5.74, 6) is 0.191. The molecule has 17 heavy (non-hydrogen) atoms. The van der Waals surface area contributed by atoms with Gasteiger partial charge in [-0.1, -0.05) is 6.08 Å². The number of nitrogens with one attached hydrogen (secondary N) is 2. The molecular formula is C12H19N3O2. The van der Waals surface area contributed by atoms with Gasteiger partial charge in [0.1, 0.15) is 0 Å². The van der Waals surface area contributed by atoms with Crippen LogP contribution in [0.3, 0.4) is 0 Å². The smallest absolute Gasteiger partial charge is 0.236 e. The van der Waals surface area contributed by atoms with Crippen LogP contribution in [0.1, 0.15) is 12.8 Å². The van der Waals surface area contributed by atoms with Crippen LogP contribution >= 0.6 is 0 Å². The van der Waals surface area contributed by atoms with Crippen molar-refractivity contribution in [1.29, 1.82) is 0 Å². The molecule has 2 aliphatic heterocycles. The minimum atomic E-state index is 0.00658. The van der Waals surface area contributed by atoms with E-state index in [0.717, 1.165) is 19.4 Å². The zero-order valence-electron chi connectivity index (χ0n) is 9.95. The highest BCUT2D eigenvalue weighted by atomic mass is 16.2. The van der Waals surface area contributed by atoms with E-state index >= 15 is 0 Å². The molecule has 0 radical (unpaired) electrons. The molecule has 0 aliphatic carbocycles. The summed E-state index contributed by atoms with van der Waals surface area (Å²) < 4.78 is 0. The number of rotatable bonds is 4. The van der Waals surface area contributed by atoms with Gasteiger partial charge >= 0.3 is 0 Å². The fourth-order valence-electron chi connectivity index (χ4n) is 2.64. The van der Waals surface area contributed by atoms with Crippen LogP contribution in [-0.4, -0.2) is 48.9 Å². The Labute approximate surface area is 101 Å². The summed E-state index contributed by atoms with van der Waals surface area (Å²) in [5.41, 5.74) is 0. The van der Waals surface area contributed by atoms with Gasteiger partial charge in [-0.15, -0.1) is 6.58 Å². The third-order valence-electron chi connectivity index (χ3n) is 3.49. The van der Waals surface area contributed by atoms with Crippen LogP contribution in [-0.2, 0) is 9.59 Å². The SMILES string of the molecule is C=CCNCC(=O)N1CCCC2C(=O)NCC21. The molecule has 0 aromatic rings. The normalized spacial score (nSPS) is 27.5. The van der Waals surface area contributed by atoms with Gasteiger partial charge in [-0.05, 0) is 12.8 Å². The molecule has 0 saturated carbocycles. The lowest BCUT2D eigenvalue weighted by Gasteiger charge is -2.36. The second kappa shape index (κ2) is 5.31. The van der Waals surface area contributed by atoms with Crippen molar-refractivity contribution in [2.45, 2.75) is 18.9 Å². The number of likely N-dealkylation sites (tertiary alicyclic amines) is 1. The molecule has 2 unspecified atom stereocenters. The molecule has 2 heterocycles. The van der Waals surface area contributed by atoms with Crippen molar-refractivity contribution in [1.82, 2.24) is 15.5 Å². The number of amides is 2. The van der Waals surface area contributed by atoms with E-state index in [1.807, 2.05) is 4.90 Å². The summed E-state index contributed by atoms with van der Waals surface area (Å²) in [6.45, 7) is 5.92. The quantitative estimate of drug-likeness (QED) is 0.512. The van der Waals surface area contributed by atoms with E-state index in [9.17, 15) is 9.59 Å². The van der Waals surface area contributed by atoms with Gasteiger partial charge in [-0.3, -0.25) is 9.59 Å². The number of fused-ring (bicyclic) bond motifs is 1. The minimum Gasteiger partial charge on any atom is -0.354 e. The van der Waals surface area contributed by atoms with E-state index in [1.165, 1.54) is 0 Å². The number of piperidine rings is 1. The fourth-order valence-corrected chi connectivity index (χ4v) is 2.64. The molecule has 94 valence electrons. The maximum atomic E-state index is 12.0. The largest absolute Gasteiger partial charge is 0.354 e. The maximum Gasteiger partial charge on any atom is 0.236 e. The van der Waals surface area contributed by atoms with Gasteiger partial charge in [-0.2, -0.15) is 0 Å². The van der Waals surface area contributed by atoms with Crippen LogP contribution in [0, 0.1) is 5.92 Å². The Balaban J connectivity index is 1.93. The molecule has 2 fully saturated rings. The summed E-state index contributed by atoms with van der Waals surface area (Å²) in [7, 11) is 0. The van der Waals surface area contributed by atoms with Crippen LogP contribution in [0.15, 0.2) is 12.7 Å². The Morgan fingerprint density at radius 1 is 1.65 bits per heavy atom. The monoisotopic (exact) mass is 237 g/mol. The molecule has 0 bridgehead atoms. The van der Waals surface area contributed by atoms with Crippen LogP contribution in [0.4, 0.5) is 0 Å². The van der Waals surface area contributed by atoms with E-state index in [1.54, 1.807) is 6.08 Å². The number of carbonyl (C=O) groups excluding carboxylic acids is 2. The molecule has 2 rings (SSSR count). The molecule has 0 aromatic heterocycles. The van der Waals surface area contributed by atoms with E-state index in [2.05, 4.69) is 17.2 Å². The molecule has 2 atom stereocenters. The Hall–Kier alpha value is -1.36. The van der Waals surface area contributed by atoms with Crippen molar-refractivity contribution in [3.05, 3.63) is 12.7 Å². The van der Waals surface area contributed by atoms with Gasteiger partial charge in [-0.25, -0.2) is 0 Å². The zero-order chi connectivity index (χ0) is 12.3. The van der Waals surface area contributed by atoms with Gasteiger partial charge in [0, 0.05) is 19.6 Å². The van der Waals surface area contributed by atoms with Crippen LogP contribution in [0.2, 0.25) is 0 Å². The van der Waals surface area contributed by atoms with Gasteiger partial charge in [0.15, 0.2) is 0 Å². The molecular weight excluding hydrogens is 218 g/mol. The average Bonchev–Trinajstić information content (AvgIpc) is 2.71. The Bertz CT molecular complexity index is 330. The molecule has 2 saturated heterocycles. The average molecular weight is 237 g/mol. The first-order valence-corrected chi connectivity index (χ1v) is 6.13. The topological polar surface area (TPSA) is 61.4 Å². The predicted molar refractivity (Wildman–Crippen MR) is 64.3 cm³/mol. The van der Waals surface area contributed by atoms with Gasteiger partial charge in [0.25, 0.3) is 0 Å². The summed E-state index contributed by atoms with van der Waals surface area (Å²) in [4.78, 5) is 25.4. The maximum absolute atomic E-state index is 12.0. The lowest BCUT2D eigenvalue weighted by atomic mass is 9.91. The van der Waals surface area contributed by atoms with Gasteiger partial charge in [0.05, 0.1) is 18.5 Å². The summed E-state index contributed by atoms with van der Waals surface area (Å²) in [6, 6.07) is 0.0641. The molecule has 0 spiro atoms. The fraction of sp³-hybridized carbons (Fsp3) is 0.667. The molecule has 2 aliphatic rings. The van der Waals surface area contributed by atoms with E-state index in [4.69, 9.17) is 0 Å². The molecule has 5 heteroatoms. The Morgan fingerprint density at radius 3 is 3.24 bits per heavy atom. The number of nitrogens with zero attached hydrogens (tertiary/aromatic N) is 1. The van der Waals surface area contributed by atoms with Crippen molar-refractivity contribution in [2.75, 3.05) is 26.2 Å². The Morgan fingerprint density at radius 2 is 2.47 bits per heavy atom. The molecule has 2 amide bonds. The van der Waals surface area contributed by atoms with Crippen molar-refractivity contribution in [2.24, 2.45) is 5.92 Å². The van der Waals surface area contributed by atoms with Crippen LogP contribution in [0.25, 0.3) is 0 Å². The zero-order valence-corrected chi connectivity index (χ0v) is 9.95. The van der Waals surface area contributed by atoms with E-state index < -0.39 is 0 Å². The highest BCUT2D eigenvalue weighted by Gasteiger charge is 2.42. The molecule has 5 nitrogen and oxygen atoms in total. The van der Waals surface area contributed by atoms with Crippen molar-refractivity contribution in [3.8, 4) is 0 Å².